The van der Waals surface area contributed by atoms with E-state index in [0.29, 0.717) is 37.5 Å². The van der Waals surface area contributed by atoms with Gasteiger partial charge in [-0.25, -0.2) is 0 Å². The molecule has 0 bridgehead atoms. The van der Waals surface area contributed by atoms with Crippen molar-refractivity contribution in [3.63, 3.8) is 0 Å². The maximum atomic E-state index is 12.8. The lowest BCUT2D eigenvalue weighted by molar-refractivity contribution is 0.0718. The minimum atomic E-state index is -0.0194. The Morgan fingerprint density at radius 3 is 2.27 bits per heavy atom. The summed E-state index contributed by atoms with van der Waals surface area (Å²) >= 11 is 0. The molecule has 3 rings (SSSR count). The largest absolute Gasteiger partial charge is 0.497 e. The molecule has 136 valence electrons. The van der Waals surface area contributed by atoms with Crippen molar-refractivity contribution < 1.29 is 14.3 Å². The summed E-state index contributed by atoms with van der Waals surface area (Å²) in [4.78, 5) is 29.3. The second-order valence-corrected chi connectivity index (χ2v) is 6.48. The van der Waals surface area contributed by atoms with Crippen molar-refractivity contribution in [3.8, 4) is 5.75 Å². The number of benzene rings is 2. The smallest absolute Gasteiger partial charge is 0.254 e. The van der Waals surface area contributed by atoms with Crippen molar-refractivity contribution in [1.82, 2.24) is 9.80 Å². The van der Waals surface area contributed by atoms with Crippen LogP contribution in [0.1, 0.15) is 32.7 Å². The zero-order chi connectivity index (χ0) is 18.5. The van der Waals surface area contributed by atoms with Gasteiger partial charge in [-0.05, 0) is 43.2 Å². The molecular formula is C21H24N2O3. The lowest BCUT2D eigenvalue weighted by Gasteiger charge is -2.23. The molecule has 2 amide bonds. The van der Waals surface area contributed by atoms with Gasteiger partial charge in [0, 0.05) is 37.3 Å². The number of hydrogen-bond acceptors (Lipinski definition) is 3. The maximum Gasteiger partial charge on any atom is 0.254 e. The Kier molecular flexibility index (Phi) is 5.56. The molecule has 2 aromatic carbocycles. The minimum absolute atomic E-state index is 0.0194. The first-order valence-corrected chi connectivity index (χ1v) is 8.88. The van der Waals surface area contributed by atoms with Crippen LogP contribution in [0.15, 0.2) is 48.5 Å². The van der Waals surface area contributed by atoms with Gasteiger partial charge in [0.25, 0.3) is 11.8 Å². The molecule has 0 atom stereocenters. The van der Waals surface area contributed by atoms with Crippen molar-refractivity contribution in [2.24, 2.45) is 0 Å². The first kappa shape index (κ1) is 18.0. The van der Waals surface area contributed by atoms with E-state index in [1.54, 1.807) is 19.2 Å². The van der Waals surface area contributed by atoms with E-state index in [9.17, 15) is 9.59 Å². The van der Waals surface area contributed by atoms with E-state index in [2.05, 4.69) is 0 Å². The molecule has 0 aromatic heterocycles. The number of nitrogens with zero attached hydrogens (tertiary/aromatic N) is 2. The third-order valence-electron chi connectivity index (χ3n) is 4.76. The number of carbonyl (C=O) groups is 2. The van der Waals surface area contributed by atoms with Gasteiger partial charge in [-0.15, -0.1) is 0 Å². The average Bonchev–Trinajstić information content (AvgIpc) is 2.93. The van der Waals surface area contributed by atoms with Crippen LogP contribution in [0.3, 0.4) is 0 Å². The van der Waals surface area contributed by atoms with Gasteiger partial charge in [0.1, 0.15) is 5.75 Å². The van der Waals surface area contributed by atoms with Crippen molar-refractivity contribution >= 4 is 11.8 Å². The number of amides is 2. The fourth-order valence-electron chi connectivity index (χ4n) is 3.25. The van der Waals surface area contributed by atoms with E-state index in [4.69, 9.17) is 4.74 Å². The summed E-state index contributed by atoms with van der Waals surface area (Å²) in [6.45, 7) is 4.34. The summed E-state index contributed by atoms with van der Waals surface area (Å²) < 4.78 is 5.20. The highest BCUT2D eigenvalue weighted by atomic mass is 16.5. The standard InChI is InChI=1S/C21H24N2O3/c1-16-7-3-4-10-19(16)21(25)23-12-6-11-22(13-14-23)20(24)17-8-5-9-18(15-17)26-2/h3-5,7-10,15H,6,11-14H2,1-2H3. The Morgan fingerprint density at radius 2 is 1.58 bits per heavy atom. The summed E-state index contributed by atoms with van der Waals surface area (Å²) in [6, 6.07) is 14.8. The SMILES string of the molecule is COc1cccc(C(=O)N2CCCN(C(=O)c3ccccc3C)CC2)c1. The quantitative estimate of drug-likeness (QED) is 0.853. The molecule has 26 heavy (non-hydrogen) atoms. The Hall–Kier alpha value is -2.82. The highest BCUT2D eigenvalue weighted by Gasteiger charge is 2.24. The average molecular weight is 352 g/mol. The molecule has 0 aliphatic carbocycles. The van der Waals surface area contributed by atoms with E-state index >= 15 is 0 Å². The summed E-state index contributed by atoms with van der Waals surface area (Å²) in [5.74, 6) is 0.690. The zero-order valence-electron chi connectivity index (χ0n) is 15.3. The Bertz CT molecular complexity index is 803. The van der Waals surface area contributed by atoms with E-state index in [1.807, 2.05) is 53.1 Å². The van der Waals surface area contributed by atoms with Gasteiger partial charge in [-0.2, -0.15) is 0 Å². The van der Waals surface area contributed by atoms with Crippen LogP contribution in [0.4, 0.5) is 0 Å². The minimum Gasteiger partial charge on any atom is -0.497 e. The number of methoxy groups -OCH3 is 1. The van der Waals surface area contributed by atoms with Crippen LogP contribution in [0, 0.1) is 6.92 Å². The summed E-state index contributed by atoms with van der Waals surface area (Å²) in [6.07, 6.45) is 0.771. The van der Waals surface area contributed by atoms with Crippen LogP contribution in [0.25, 0.3) is 0 Å². The molecule has 0 spiro atoms. The van der Waals surface area contributed by atoms with E-state index in [-0.39, 0.29) is 11.8 Å². The highest BCUT2D eigenvalue weighted by molar-refractivity contribution is 5.96. The van der Waals surface area contributed by atoms with Crippen molar-refractivity contribution in [3.05, 3.63) is 65.2 Å². The molecule has 1 heterocycles. The molecule has 0 unspecified atom stereocenters. The highest BCUT2D eigenvalue weighted by Crippen LogP contribution is 2.17. The van der Waals surface area contributed by atoms with Gasteiger partial charge >= 0.3 is 0 Å². The summed E-state index contributed by atoms with van der Waals surface area (Å²) in [5.41, 5.74) is 2.33. The third kappa shape index (κ3) is 3.87. The fraction of sp³-hybridized carbons (Fsp3) is 0.333. The topological polar surface area (TPSA) is 49.9 Å². The van der Waals surface area contributed by atoms with E-state index < -0.39 is 0 Å². The first-order chi connectivity index (χ1) is 12.6. The van der Waals surface area contributed by atoms with E-state index in [1.165, 1.54) is 0 Å². The van der Waals surface area contributed by atoms with Crippen LogP contribution in [-0.2, 0) is 0 Å². The molecule has 2 aromatic rings. The van der Waals surface area contributed by atoms with Gasteiger partial charge in [-0.3, -0.25) is 9.59 Å². The lowest BCUT2D eigenvalue weighted by atomic mass is 10.1. The van der Waals surface area contributed by atoms with Crippen LogP contribution < -0.4 is 4.74 Å². The van der Waals surface area contributed by atoms with Crippen molar-refractivity contribution in [2.45, 2.75) is 13.3 Å². The molecule has 5 heteroatoms. The molecule has 1 aliphatic rings. The van der Waals surface area contributed by atoms with Crippen molar-refractivity contribution in [2.75, 3.05) is 33.3 Å². The summed E-state index contributed by atoms with van der Waals surface area (Å²) in [7, 11) is 1.59. The predicted molar refractivity (Wildman–Crippen MR) is 101 cm³/mol. The Balaban J connectivity index is 1.69. The molecule has 0 radical (unpaired) electrons. The third-order valence-corrected chi connectivity index (χ3v) is 4.76. The molecule has 0 N–H and O–H groups in total. The number of hydrogen-bond donors (Lipinski definition) is 0. The fourth-order valence-corrected chi connectivity index (χ4v) is 3.25. The summed E-state index contributed by atoms with van der Waals surface area (Å²) in [5, 5.41) is 0. The number of aryl methyl sites for hydroxylation is 1. The van der Waals surface area contributed by atoms with Gasteiger partial charge in [-0.1, -0.05) is 24.3 Å². The number of rotatable bonds is 3. The molecule has 0 saturated carbocycles. The van der Waals surface area contributed by atoms with Crippen LogP contribution >= 0.6 is 0 Å². The second kappa shape index (κ2) is 8.04. The van der Waals surface area contributed by atoms with Crippen LogP contribution in [-0.4, -0.2) is 54.9 Å². The molecule has 1 fully saturated rings. The second-order valence-electron chi connectivity index (χ2n) is 6.48. The first-order valence-electron chi connectivity index (χ1n) is 8.88. The normalized spacial score (nSPS) is 14.7. The number of ether oxygens (including phenoxy) is 1. The van der Waals surface area contributed by atoms with Gasteiger partial charge in [0.05, 0.1) is 7.11 Å². The Morgan fingerprint density at radius 1 is 0.885 bits per heavy atom. The molecule has 5 nitrogen and oxygen atoms in total. The molecular weight excluding hydrogens is 328 g/mol. The van der Waals surface area contributed by atoms with Crippen LogP contribution in [0.2, 0.25) is 0 Å². The van der Waals surface area contributed by atoms with Gasteiger partial charge in [0.15, 0.2) is 0 Å². The van der Waals surface area contributed by atoms with Crippen molar-refractivity contribution in [1.29, 1.82) is 0 Å². The molecule has 1 aliphatic heterocycles. The predicted octanol–water partition coefficient (Wildman–Crippen LogP) is 2.99. The number of carbonyl (C=O) groups excluding carboxylic acids is 2. The maximum absolute atomic E-state index is 12.8. The molecule has 1 saturated heterocycles. The van der Waals surface area contributed by atoms with Gasteiger partial charge < -0.3 is 14.5 Å². The van der Waals surface area contributed by atoms with Gasteiger partial charge in [0.2, 0.25) is 0 Å². The van der Waals surface area contributed by atoms with E-state index in [0.717, 1.165) is 17.5 Å². The monoisotopic (exact) mass is 352 g/mol. The van der Waals surface area contributed by atoms with Crippen LogP contribution in [0.5, 0.6) is 5.75 Å². The zero-order valence-corrected chi connectivity index (χ0v) is 15.3. The lowest BCUT2D eigenvalue weighted by Crippen LogP contribution is -2.37. The Labute approximate surface area is 154 Å².